The number of benzene rings is 3. The Bertz CT molecular complexity index is 1800. The lowest BCUT2D eigenvalue weighted by atomic mass is 9.88. The van der Waals surface area contributed by atoms with E-state index in [9.17, 15) is 9.59 Å². The summed E-state index contributed by atoms with van der Waals surface area (Å²) in [4.78, 5) is 31.6. The number of hydrogen-bond donors (Lipinski definition) is 1. The Morgan fingerprint density at radius 1 is 1.00 bits per heavy atom. The fourth-order valence-corrected chi connectivity index (χ4v) is 5.82. The first-order chi connectivity index (χ1) is 19.5. The van der Waals surface area contributed by atoms with Crippen molar-refractivity contribution in [3.8, 4) is 0 Å². The second kappa shape index (κ2) is 11.1. The minimum absolute atomic E-state index is 0.133. The summed E-state index contributed by atoms with van der Waals surface area (Å²) in [6.07, 6.45) is 7.21. The largest absolute Gasteiger partial charge is 0.335 e. The van der Waals surface area contributed by atoms with Crippen LogP contribution in [0.3, 0.4) is 0 Å². The number of halogens is 1. The molecule has 0 unspecified atom stereocenters. The van der Waals surface area contributed by atoms with Crippen molar-refractivity contribution in [2.45, 2.75) is 51.5 Å². The van der Waals surface area contributed by atoms with E-state index in [1.54, 1.807) is 36.5 Å². The lowest BCUT2D eigenvalue weighted by molar-refractivity contribution is -0.116. The molecule has 0 atom stereocenters. The van der Waals surface area contributed by atoms with Gasteiger partial charge in [0.25, 0.3) is 5.56 Å². The van der Waals surface area contributed by atoms with E-state index in [1.165, 1.54) is 11.1 Å². The molecule has 1 N–H and O–H groups in total. The van der Waals surface area contributed by atoms with Crippen molar-refractivity contribution in [2.75, 3.05) is 5.32 Å². The number of carbonyl (C=O) groups excluding carboxylic acids is 1. The minimum Gasteiger partial charge on any atom is -0.335 e. The van der Waals surface area contributed by atoms with Crippen LogP contribution in [0.4, 0.5) is 5.69 Å². The zero-order valence-corrected chi connectivity index (χ0v) is 23.1. The van der Waals surface area contributed by atoms with Crippen LogP contribution >= 0.6 is 11.6 Å². The summed E-state index contributed by atoms with van der Waals surface area (Å²) in [5, 5.41) is 9.84. The second-order valence-electron chi connectivity index (χ2n) is 10.3. The highest BCUT2D eigenvalue weighted by atomic mass is 35.5. The van der Waals surface area contributed by atoms with Crippen LogP contribution in [0.15, 0.2) is 82.7 Å². The Hall–Kier alpha value is -4.23. The summed E-state index contributed by atoms with van der Waals surface area (Å²) in [6.45, 7) is 2.11. The van der Waals surface area contributed by atoms with Crippen molar-refractivity contribution in [2.24, 2.45) is 5.10 Å². The summed E-state index contributed by atoms with van der Waals surface area (Å²) in [6, 6.07) is 22.4. The molecule has 1 aliphatic rings. The third kappa shape index (κ3) is 5.05. The third-order valence-corrected chi connectivity index (χ3v) is 8.01. The number of rotatable bonds is 6. The van der Waals surface area contributed by atoms with Gasteiger partial charge < -0.3 is 9.88 Å². The molecule has 0 aliphatic heterocycles. The summed E-state index contributed by atoms with van der Waals surface area (Å²) in [5.74, 6) is 0.773. The average molecular weight is 552 g/mol. The van der Waals surface area contributed by atoms with Crippen molar-refractivity contribution in [3.05, 3.63) is 105 Å². The maximum atomic E-state index is 13.6. The lowest BCUT2D eigenvalue weighted by Gasteiger charge is -2.22. The molecule has 40 heavy (non-hydrogen) atoms. The maximum absolute atomic E-state index is 13.6. The van der Waals surface area contributed by atoms with Gasteiger partial charge in [0.2, 0.25) is 5.91 Å². The van der Waals surface area contributed by atoms with Gasteiger partial charge in [-0.15, -0.1) is 0 Å². The quantitative estimate of drug-likeness (QED) is 0.233. The van der Waals surface area contributed by atoms with E-state index in [0.717, 1.165) is 53.7 Å². The van der Waals surface area contributed by atoms with Crippen LogP contribution in [-0.4, -0.2) is 26.3 Å². The van der Waals surface area contributed by atoms with Gasteiger partial charge in [-0.2, -0.15) is 9.78 Å². The smallest absolute Gasteiger partial charge is 0.282 e. The number of carbonyl (C=O) groups is 1. The molecule has 0 radical (unpaired) electrons. The predicted molar refractivity (Wildman–Crippen MR) is 162 cm³/mol. The molecule has 3 aromatic carbocycles. The Labute approximate surface area is 237 Å². The number of amides is 1. The predicted octanol–water partition coefficient (Wildman–Crippen LogP) is 6.88. The third-order valence-electron chi connectivity index (χ3n) is 7.76. The lowest BCUT2D eigenvalue weighted by Crippen LogP contribution is -2.25. The first-order valence-corrected chi connectivity index (χ1v) is 14.1. The molecule has 0 spiro atoms. The van der Waals surface area contributed by atoms with Crippen molar-refractivity contribution < 1.29 is 4.79 Å². The normalized spacial score (nSPS) is 14.3. The first kappa shape index (κ1) is 26.0. The number of aromatic nitrogens is 3. The van der Waals surface area contributed by atoms with Gasteiger partial charge in [-0.1, -0.05) is 61.2 Å². The monoisotopic (exact) mass is 551 g/mol. The van der Waals surface area contributed by atoms with Gasteiger partial charge >= 0.3 is 0 Å². The zero-order valence-electron chi connectivity index (χ0n) is 22.3. The Balaban J connectivity index is 1.39. The van der Waals surface area contributed by atoms with E-state index in [2.05, 4.69) is 5.32 Å². The van der Waals surface area contributed by atoms with Gasteiger partial charge in [-0.25, -0.2) is 4.98 Å². The topological polar surface area (TPSA) is 81.3 Å². The maximum Gasteiger partial charge on any atom is 0.282 e. The Morgan fingerprint density at radius 2 is 1.70 bits per heavy atom. The van der Waals surface area contributed by atoms with Crippen molar-refractivity contribution in [3.63, 3.8) is 0 Å². The molecular formula is C32H30ClN5O2. The molecule has 6 rings (SSSR count). The molecule has 1 fully saturated rings. The molecule has 1 saturated carbocycles. The van der Waals surface area contributed by atoms with Crippen LogP contribution in [0.25, 0.3) is 21.8 Å². The van der Waals surface area contributed by atoms with Crippen LogP contribution in [0.2, 0.25) is 5.02 Å². The highest BCUT2D eigenvalue weighted by Crippen LogP contribution is 2.32. The molecule has 5 aromatic rings. The van der Waals surface area contributed by atoms with Gasteiger partial charge in [-0.3, -0.25) is 9.59 Å². The second-order valence-corrected chi connectivity index (χ2v) is 10.8. The van der Waals surface area contributed by atoms with Crippen molar-refractivity contribution in [1.82, 2.24) is 14.2 Å². The SMILES string of the molecule is Cc1c(C=Nn2c(C3CCCCC3)nc3ccccc3c2=O)c2ccccc2n1CC(=O)Nc1ccc(Cl)cc1. The summed E-state index contributed by atoms with van der Waals surface area (Å²) in [7, 11) is 0. The average Bonchev–Trinajstić information content (AvgIpc) is 3.24. The summed E-state index contributed by atoms with van der Waals surface area (Å²) >= 11 is 5.98. The van der Waals surface area contributed by atoms with Gasteiger partial charge in [-0.05, 0) is 62.2 Å². The molecule has 1 amide bonds. The first-order valence-electron chi connectivity index (χ1n) is 13.7. The van der Waals surface area contributed by atoms with Crippen LogP contribution in [0.1, 0.15) is 55.1 Å². The number of fused-ring (bicyclic) bond motifs is 2. The van der Waals surface area contributed by atoms with Crippen LogP contribution in [0, 0.1) is 6.92 Å². The minimum atomic E-state index is -0.161. The van der Waals surface area contributed by atoms with E-state index in [-0.39, 0.29) is 23.9 Å². The molecular weight excluding hydrogens is 522 g/mol. The van der Waals surface area contributed by atoms with Gasteiger partial charge in [0, 0.05) is 38.8 Å². The molecule has 2 aromatic heterocycles. The molecule has 0 saturated heterocycles. The van der Waals surface area contributed by atoms with E-state index >= 15 is 0 Å². The van der Waals surface area contributed by atoms with Crippen LogP contribution in [-0.2, 0) is 11.3 Å². The Morgan fingerprint density at radius 3 is 2.48 bits per heavy atom. The molecule has 2 heterocycles. The summed E-state index contributed by atoms with van der Waals surface area (Å²) in [5.41, 5.74) is 3.90. The van der Waals surface area contributed by atoms with E-state index in [1.807, 2.05) is 54.0 Å². The zero-order chi connectivity index (χ0) is 27.6. The van der Waals surface area contributed by atoms with E-state index in [0.29, 0.717) is 21.6 Å². The molecule has 8 heteroatoms. The number of hydrogen-bond acceptors (Lipinski definition) is 4. The highest BCUT2D eigenvalue weighted by molar-refractivity contribution is 6.30. The summed E-state index contributed by atoms with van der Waals surface area (Å²) < 4.78 is 3.47. The number of nitrogens with one attached hydrogen (secondary N) is 1. The highest BCUT2D eigenvalue weighted by Gasteiger charge is 2.23. The van der Waals surface area contributed by atoms with Gasteiger partial charge in [0.15, 0.2) is 0 Å². The fourth-order valence-electron chi connectivity index (χ4n) is 5.69. The van der Waals surface area contributed by atoms with E-state index < -0.39 is 0 Å². The molecule has 202 valence electrons. The number of nitrogens with zero attached hydrogens (tertiary/aromatic N) is 4. The van der Waals surface area contributed by atoms with E-state index in [4.69, 9.17) is 21.7 Å². The van der Waals surface area contributed by atoms with Gasteiger partial charge in [0.05, 0.1) is 17.1 Å². The van der Waals surface area contributed by atoms with Crippen molar-refractivity contribution >= 4 is 51.2 Å². The molecule has 7 nitrogen and oxygen atoms in total. The molecule has 0 bridgehead atoms. The number of para-hydroxylation sites is 2. The van der Waals surface area contributed by atoms with Crippen molar-refractivity contribution in [1.29, 1.82) is 0 Å². The van der Waals surface area contributed by atoms with Gasteiger partial charge in [0.1, 0.15) is 12.4 Å². The standard InChI is InChI=1S/C32H30ClN5O2/c1-21-27(25-11-6-8-14-29(25)37(21)20-30(39)35-24-17-15-23(33)16-18-24)19-34-38-31(22-9-3-2-4-10-22)36-28-13-7-5-12-26(28)32(38)40/h5-8,11-19,22H,2-4,9-10,20H2,1H3,(H,35,39). The Kier molecular flexibility index (Phi) is 7.22. The van der Waals surface area contributed by atoms with Crippen LogP contribution < -0.4 is 10.9 Å². The van der Waals surface area contributed by atoms with Crippen LogP contribution in [0.5, 0.6) is 0 Å². The molecule has 1 aliphatic carbocycles. The fraction of sp³-hybridized carbons (Fsp3) is 0.250. The number of anilines is 1.